The second kappa shape index (κ2) is 9.04. The number of ether oxygens (including phenoxy) is 1. The van der Waals surface area contributed by atoms with Gasteiger partial charge in [0.1, 0.15) is 5.54 Å². The van der Waals surface area contributed by atoms with Gasteiger partial charge in [-0.05, 0) is 31.0 Å². The van der Waals surface area contributed by atoms with Crippen LogP contribution in [0.25, 0.3) is 0 Å². The van der Waals surface area contributed by atoms with Crippen molar-refractivity contribution in [2.45, 2.75) is 45.3 Å². The summed E-state index contributed by atoms with van der Waals surface area (Å²) >= 11 is 0. The lowest BCUT2D eigenvalue weighted by atomic mass is 9.54. The standard InChI is InChI=1S/C20H31N3O3.ClH/c1-6-26-16-13-20(21,19(16,2)3)18(25)22-11-10-14-8-7-9-15(12-14)17(24)23(4)5;/h7-9,12,16H,6,10-11,13,21H2,1-5H3,(H,22,25);1H. The monoisotopic (exact) mass is 397 g/mol. The third kappa shape index (κ3) is 4.62. The van der Waals surface area contributed by atoms with Gasteiger partial charge in [-0.2, -0.15) is 0 Å². The minimum Gasteiger partial charge on any atom is -0.378 e. The van der Waals surface area contributed by atoms with Gasteiger partial charge in [-0.15, -0.1) is 12.4 Å². The van der Waals surface area contributed by atoms with Crippen molar-refractivity contribution >= 4 is 24.2 Å². The van der Waals surface area contributed by atoms with Gasteiger partial charge in [0.25, 0.3) is 5.91 Å². The number of hydrogen-bond acceptors (Lipinski definition) is 4. The number of amides is 2. The summed E-state index contributed by atoms with van der Waals surface area (Å²) in [5.41, 5.74) is 6.73. The van der Waals surface area contributed by atoms with Crippen molar-refractivity contribution < 1.29 is 14.3 Å². The van der Waals surface area contributed by atoms with E-state index in [2.05, 4.69) is 5.32 Å². The van der Waals surface area contributed by atoms with Crippen molar-refractivity contribution in [2.24, 2.45) is 11.1 Å². The Bertz CT molecular complexity index is 678. The summed E-state index contributed by atoms with van der Waals surface area (Å²) in [6, 6.07) is 7.48. The number of hydrogen-bond donors (Lipinski definition) is 2. The Morgan fingerprint density at radius 1 is 1.33 bits per heavy atom. The fourth-order valence-electron chi connectivity index (χ4n) is 3.42. The van der Waals surface area contributed by atoms with Gasteiger partial charge in [0, 0.05) is 44.6 Å². The Labute approximate surface area is 168 Å². The molecular weight excluding hydrogens is 366 g/mol. The molecule has 0 aromatic heterocycles. The first-order valence-corrected chi connectivity index (χ1v) is 9.13. The summed E-state index contributed by atoms with van der Waals surface area (Å²) in [6.07, 6.45) is 1.19. The van der Waals surface area contributed by atoms with E-state index in [0.717, 1.165) is 5.56 Å². The quantitative estimate of drug-likeness (QED) is 0.737. The van der Waals surface area contributed by atoms with Crippen LogP contribution in [-0.4, -0.2) is 55.6 Å². The lowest BCUT2D eigenvalue weighted by Gasteiger charge is -2.57. The molecule has 1 aromatic carbocycles. The molecule has 7 heteroatoms. The molecular formula is C20H32ClN3O3. The number of carbonyl (C=O) groups excluding carboxylic acids is 2. The number of nitrogens with two attached hydrogens (primary N) is 1. The van der Waals surface area contributed by atoms with E-state index in [1.807, 2.05) is 39.0 Å². The van der Waals surface area contributed by atoms with Crippen LogP contribution >= 0.6 is 12.4 Å². The molecule has 152 valence electrons. The Kier molecular flexibility index (Phi) is 7.84. The van der Waals surface area contributed by atoms with Crippen molar-refractivity contribution in [3.05, 3.63) is 35.4 Å². The summed E-state index contributed by atoms with van der Waals surface area (Å²) in [6.45, 7) is 7.00. The number of nitrogens with zero attached hydrogens (tertiary/aromatic N) is 1. The van der Waals surface area contributed by atoms with Crippen LogP contribution in [0, 0.1) is 5.41 Å². The molecule has 0 aliphatic heterocycles. The first-order chi connectivity index (χ1) is 12.1. The molecule has 1 aliphatic carbocycles. The molecule has 2 unspecified atom stereocenters. The topological polar surface area (TPSA) is 84.7 Å². The molecule has 2 rings (SSSR count). The molecule has 1 aliphatic rings. The third-order valence-electron chi connectivity index (χ3n) is 5.51. The lowest BCUT2D eigenvalue weighted by molar-refractivity contribution is -0.170. The molecule has 1 aromatic rings. The van der Waals surface area contributed by atoms with Crippen LogP contribution in [0.5, 0.6) is 0 Å². The molecule has 27 heavy (non-hydrogen) atoms. The number of rotatable bonds is 7. The highest BCUT2D eigenvalue weighted by atomic mass is 35.5. The molecule has 1 fully saturated rings. The second-order valence-electron chi connectivity index (χ2n) is 7.75. The normalized spacial score (nSPS) is 23.0. The van der Waals surface area contributed by atoms with E-state index in [1.54, 1.807) is 25.1 Å². The van der Waals surface area contributed by atoms with Crippen molar-refractivity contribution in [1.82, 2.24) is 10.2 Å². The first-order valence-electron chi connectivity index (χ1n) is 9.13. The molecule has 2 atom stereocenters. The van der Waals surface area contributed by atoms with Crippen LogP contribution in [-0.2, 0) is 16.0 Å². The van der Waals surface area contributed by atoms with E-state index >= 15 is 0 Å². The van der Waals surface area contributed by atoms with Gasteiger partial charge in [0.2, 0.25) is 5.91 Å². The van der Waals surface area contributed by atoms with Crippen molar-refractivity contribution in [3.8, 4) is 0 Å². The molecule has 3 N–H and O–H groups in total. The Morgan fingerprint density at radius 2 is 2.00 bits per heavy atom. The van der Waals surface area contributed by atoms with Crippen molar-refractivity contribution in [1.29, 1.82) is 0 Å². The van der Waals surface area contributed by atoms with E-state index in [0.29, 0.717) is 31.6 Å². The minimum atomic E-state index is -0.907. The van der Waals surface area contributed by atoms with Crippen molar-refractivity contribution in [2.75, 3.05) is 27.2 Å². The molecule has 0 spiro atoms. The average molecular weight is 398 g/mol. The predicted molar refractivity (Wildman–Crippen MR) is 109 cm³/mol. The van der Waals surface area contributed by atoms with Crippen LogP contribution in [0.2, 0.25) is 0 Å². The summed E-state index contributed by atoms with van der Waals surface area (Å²) in [7, 11) is 3.46. The molecule has 2 amide bonds. The first kappa shape index (κ1) is 23.4. The molecule has 0 radical (unpaired) electrons. The van der Waals surface area contributed by atoms with Gasteiger partial charge in [-0.3, -0.25) is 9.59 Å². The Hall–Kier alpha value is -1.63. The van der Waals surface area contributed by atoms with E-state index < -0.39 is 11.0 Å². The molecule has 1 saturated carbocycles. The summed E-state index contributed by atoms with van der Waals surface area (Å²) in [4.78, 5) is 26.2. The summed E-state index contributed by atoms with van der Waals surface area (Å²) < 4.78 is 5.67. The SMILES string of the molecule is CCOC1CC(N)(C(=O)NCCc2cccc(C(=O)N(C)C)c2)C1(C)C.Cl. The van der Waals surface area contributed by atoms with Crippen molar-refractivity contribution in [3.63, 3.8) is 0 Å². The van der Waals surface area contributed by atoms with Gasteiger partial charge in [-0.1, -0.05) is 26.0 Å². The highest BCUT2D eigenvalue weighted by Crippen LogP contribution is 2.49. The van der Waals surface area contributed by atoms with Crippen LogP contribution in [0.15, 0.2) is 24.3 Å². The van der Waals surface area contributed by atoms with Crippen LogP contribution in [0.4, 0.5) is 0 Å². The maximum atomic E-state index is 12.6. The smallest absolute Gasteiger partial charge is 0.253 e. The zero-order valence-electron chi connectivity index (χ0n) is 16.9. The Balaban J connectivity index is 0.00000364. The zero-order chi connectivity index (χ0) is 19.5. The molecule has 0 saturated heterocycles. The maximum Gasteiger partial charge on any atom is 0.253 e. The largest absolute Gasteiger partial charge is 0.378 e. The number of benzene rings is 1. The van der Waals surface area contributed by atoms with Crippen LogP contribution in [0.3, 0.4) is 0 Å². The summed E-state index contributed by atoms with van der Waals surface area (Å²) in [5, 5.41) is 2.95. The van der Waals surface area contributed by atoms with Gasteiger partial charge >= 0.3 is 0 Å². The molecule has 0 bridgehead atoms. The maximum absolute atomic E-state index is 12.6. The highest BCUT2D eigenvalue weighted by molar-refractivity contribution is 5.94. The van der Waals surface area contributed by atoms with Gasteiger partial charge < -0.3 is 20.7 Å². The van der Waals surface area contributed by atoms with Gasteiger partial charge in [0.05, 0.1) is 6.10 Å². The van der Waals surface area contributed by atoms with Gasteiger partial charge in [-0.25, -0.2) is 0 Å². The van der Waals surface area contributed by atoms with Gasteiger partial charge in [0.15, 0.2) is 0 Å². The Morgan fingerprint density at radius 3 is 2.56 bits per heavy atom. The lowest BCUT2D eigenvalue weighted by Crippen LogP contribution is -2.75. The number of carbonyl (C=O) groups is 2. The fraction of sp³-hybridized carbons (Fsp3) is 0.600. The minimum absolute atomic E-state index is 0. The highest BCUT2D eigenvalue weighted by Gasteiger charge is 2.62. The van der Waals surface area contributed by atoms with E-state index in [-0.39, 0.29) is 30.3 Å². The molecule has 6 nitrogen and oxygen atoms in total. The van der Waals surface area contributed by atoms with E-state index in [4.69, 9.17) is 10.5 Å². The average Bonchev–Trinajstić information content (AvgIpc) is 2.60. The summed E-state index contributed by atoms with van der Waals surface area (Å²) in [5.74, 6) is -0.172. The second-order valence-corrected chi connectivity index (χ2v) is 7.75. The van der Waals surface area contributed by atoms with E-state index in [9.17, 15) is 9.59 Å². The zero-order valence-corrected chi connectivity index (χ0v) is 17.7. The van der Waals surface area contributed by atoms with Crippen LogP contribution < -0.4 is 11.1 Å². The van der Waals surface area contributed by atoms with E-state index in [1.165, 1.54) is 0 Å². The predicted octanol–water partition coefficient (Wildman–Crippen LogP) is 2.00. The fourth-order valence-corrected chi connectivity index (χ4v) is 3.42. The molecule has 0 heterocycles. The van der Waals surface area contributed by atoms with Crippen LogP contribution in [0.1, 0.15) is 43.1 Å². The number of nitrogens with one attached hydrogen (secondary N) is 1. The third-order valence-corrected chi connectivity index (χ3v) is 5.51. The number of halogens is 1.